The summed E-state index contributed by atoms with van der Waals surface area (Å²) in [6.45, 7) is 8.77. The van der Waals surface area contributed by atoms with Crippen LogP contribution in [0.4, 0.5) is 5.69 Å². The summed E-state index contributed by atoms with van der Waals surface area (Å²) in [5.74, 6) is 0.515. The summed E-state index contributed by atoms with van der Waals surface area (Å²) < 4.78 is 29.5. The van der Waals surface area contributed by atoms with E-state index in [1.807, 2.05) is 50.2 Å². The quantitative estimate of drug-likeness (QED) is 0.510. The van der Waals surface area contributed by atoms with Crippen LogP contribution < -0.4 is 10.0 Å². The lowest BCUT2D eigenvalue weighted by molar-refractivity contribution is 0.102. The van der Waals surface area contributed by atoms with Gasteiger partial charge in [-0.05, 0) is 69.5 Å². The summed E-state index contributed by atoms with van der Waals surface area (Å²) in [7, 11) is -3.74. The number of nitrogens with zero attached hydrogens (tertiary/aromatic N) is 1. The smallest absolute Gasteiger partial charge is 0.255 e. The van der Waals surface area contributed by atoms with Crippen LogP contribution in [0, 0.1) is 12.8 Å². The minimum Gasteiger partial charge on any atom is -0.321 e. The number of amides is 1. The molecule has 34 heavy (non-hydrogen) atoms. The zero-order chi connectivity index (χ0) is 24.3. The first-order valence-corrected chi connectivity index (χ1v) is 13.4. The number of carbonyl (C=O) groups is 1. The molecule has 0 aromatic heterocycles. The van der Waals surface area contributed by atoms with Gasteiger partial charge in [0.15, 0.2) is 0 Å². The Morgan fingerprint density at radius 2 is 1.65 bits per heavy atom. The van der Waals surface area contributed by atoms with E-state index in [4.69, 9.17) is 0 Å². The highest BCUT2D eigenvalue weighted by Crippen LogP contribution is 2.30. The van der Waals surface area contributed by atoms with Crippen molar-refractivity contribution < 1.29 is 13.2 Å². The molecule has 3 aromatic carbocycles. The molecule has 1 amide bonds. The third-order valence-electron chi connectivity index (χ3n) is 6.58. The van der Waals surface area contributed by atoms with Gasteiger partial charge in [-0.2, -0.15) is 0 Å². The number of aryl methyl sites for hydroxylation is 1. The Hall–Kier alpha value is -2.74. The summed E-state index contributed by atoms with van der Waals surface area (Å²) in [4.78, 5) is 15.4. The van der Waals surface area contributed by atoms with E-state index in [2.05, 4.69) is 21.9 Å². The molecule has 4 rings (SSSR count). The van der Waals surface area contributed by atoms with Crippen LogP contribution in [0.3, 0.4) is 0 Å². The van der Waals surface area contributed by atoms with Crippen molar-refractivity contribution in [2.24, 2.45) is 5.92 Å². The number of hydrogen-bond donors (Lipinski definition) is 2. The molecule has 1 atom stereocenters. The van der Waals surface area contributed by atoms with Gasteiger partial charge < -0.3 is 10.2 Å². The summed E-state index contributed by atoms with van der Waals surface area (Å²) in [6.07, 6.45) is 2.31. The minimum absolute atomic E-state index is 0.211. The highest BCUT2D eigenvalue weighted by atomic mass is 32.2. The van der Waals surface area contributed by atoms with Crippen LogP contribution in [-0.4, -0.2) is 44.9 Å². The second-order valence-electron chi connectivity index (χ2n) is 9.43. The standard InChI is InChI=1S/C27H33N3O3S/c1-19-14-16-30(17-15-19)18-21(3)29-34(32,33)26-13-12-25(23-10-6-7-11-24(23)26)28-27(31)22-9-5-4-8-20(22)2/h4-13,19,21,29H,14-18H2,1-3H3,(H,28,31). The Balaban J connectivity index is 1.56. The summed E-state index contributed by atoms with van der Waals surface area (Å²) >= 11 is 0. The molecule has 0 saturated carbocycles. The third-order valence-corrected chi connectivity index (χ3v) is 8.22. The molecule has 1 unspecified atom stereocenters. The van der Waals surface area contributed by atoms with E-state index >= 15 is 0 Å². The Labute approximate surface area is 202 Å². The van der Waals surface area contributed by atoms with Crippen LogP contribution in [0.1, 0.15) is 42.6 Å². The topological polar surface area (TPSA) is 78.5 Å². The van der Waals surface area contributed by atoms with Gasteiger partial charge in [0.25, 0.3) is 5.91 Å². The third kappa shape index (κ3) is 5.49. The fourth-order valence-electron chi connectivity index (χ4n) is 4.63. The lowest BCUT2D eigenvalue weighted by Crippen LogP contribution is -2.44. The zero-order valence-electron chi connectivity index (χ0n) is 20.0. The molecule has 0 radical (unpaired) electrons. The van der Waals surface area contributed by atoms with E-state index in [0.29, 0.717) is 28.6 Å². The van der Waals surface area contributed by atoms with Crippen molar-refractivity contribution in [3.8, 4) is 0 Å². The number of rotatable bonds is 7. The molecule has 1 aliphatic rings. The molecular weight excluding hydrogens is 446 g/mol. The van der Waals surface area contributed by atoms with Crippen molar-refractivity contribution in [1.82, 2.24) is 9.62 Å². The molecule has 6 nitrogen and oxygen atoms in total. The number of benzene rings is 3. The number of nitrogens with one attached hydrogen (secondary N) is 2. The molecule has 1 fully saturated rings. The first kappa shape index (κ1) is 24.4. The van der Waals surface area contributed by atoms with Crippen LogP contribution >= 0.6 is 0 Å². The van der Waals surface area contributed by atoms with Crippen molar-refractivity contribution in [1.29, 1.82) is 0 Å². The molecule has 1 aliphatic heterocycles. The molecule has 2 N–H and O–H groups in total. The number of likely N-dealkylation sites (tertiary alicyclic amines) is 1. The number of sulfonamides is 1. The van der Waals surface area contributed by atoms with Crippen molar-refractivity contribution in [2.75, 3.05) is 25.0 Å². The van der Waals surface area contributed by atoms with Gasteiger partial charge in [0.1, 0.15) is 0 Å². The fraction of sp³-hybridized carbons (Fsp3) is 0.370. The number of hydrogen-bond acceptors (Lipinski definition) is 4. The predicted octanol–water partition coefficient (Wildman–Crippen LogP) is 4.80. The predicted molar refractivity (Wildman–Crippen MR) is 138 cm³/mol. The van der Waals surface area contributed by atoms with E-state index in [-0.39, 0.29) is 16.8 Å². The summed E-state index contributed by atoms with van der Waals surface area (Å²) in [5, 5.41) is 4.22. The molecule has 1 saturated heterocycles. The molecule has 0 bridgehead atoms. The van der Waals surface area contributed by atoms with Gasteiger partial charge in [0.05, 0.1) is 4.90 Å². The molecule has 180 valence electrons. The number of fused-ring (bicyclic) bond motifs is 1. The first-order chi connectivity index (χ1) is 16.2. The average Bonchev–Trinajstić information content (AvgIpc) is 2.80. The number of piperidine rings is 1. The molecule has 7 heteroatoms. The van der Waals surface area contributed by atoms with E-state index in [1.165, 1.54) is 0 Å². The summed E-state index contributed by atoms with van der Waals surface area (Å²) in [5.41, 5.74) is 2.05. The Kier molecular flexibility index (Phi) is 7.36. The molecule has 0 aliphatic carbocycles. The molecule has 1 heterocycles. The Bertz CT molecular complexity index is 1280. The SMILES string of the molecule is Cc1ccccc1C(=O)Nc1ccc(S(=O)(=O)NC(C)CN2CCC(C)CC2)c2ccccc12. The van der Waals surface area contributed by atoms with Gasteiger partial charge in [0.2, 0.25) is 10.0 Å². The number of carbonyl (C=O) groups excluding carboxylic acids is 1. The van der Waals surface area contributed by atoms with Crippen LogP contribution in [0.15, 0.2) is 65.6 Å². The minimum atomic E-state index is -3.74. The monoisotopic (exact) mass is 479 g/mol. The lowest BCUT2D eigenvalue weighted by atomic mass is 9.99. The van der Waals surface area contributed by atoms with Crippen molar-refractivity contribution >= 4 is 32.4 Å². The van der Waals surface area contributed by atoms with E-state index < -0.39 is 10.0 Å². The maximum absolute atomic E-state index is 13.3. The van der Waals surface area contributed by atoms with Gasteiger partial charge in [0, 0.05) is 34.6 Å². The Morgan fingerprint density at radius 1 is 1.00 bits per heavy atom. The van der Waals surface area contributed by atoms with Gasteiger partial charge in [-0.3, -0.25) is 4.79 Å². The Morgan fingerprint density at radius 3 is 2.35 bits per heavy atom. The maximum atomic E-state index is 13.3. The molecular formula is C27H33N3O3S. The van der Waals surface area contributed by atoms with E-state index in [0.717, 1.165) is 37.4 Å². The highest BCUT2D eigenvalue weighted by molar-refractivity contribution is 7.89. The summed E-state index contributed by atoms with van der Waals surface area (Å²) in [6, 6.07) is 17.7. The van der Waals surface area contributed by atoms with Crippen molar-refractivity contribution in [3.05, 3.63) is 71.8 Å². The van der Waals surface area contributed by atoms with Crippen LogP contribution in [0.2, 0.25) is 0 Å². The highest BCUT2D eigenvalue weighted by Gasteiger charge is 2.24. The molecule has 0 spiro atoms. The second kappa shape index (κ2) is 10.3. The normalized spacial score (nSPS) is 16.4. The largest absolute Gasteiger partial charge is 0.321 e. The average molecular weight is 480 g/mol. The zero-order valence-corrected chi connectivity index (χ0v) is 20.9. The lowest BCUT2D eigenvalue weighted by Gasteiger charge is -2.32. The van der Waals surface area contributed by atoms with Crippen LogP contribution in [0.5, 0.6) is 0 Å². The van der Waals surface area contributed by atoms with Crippen LogP contribution in [-0.2, 0) is 10.0 Å². The van der Waals surface area contributed by atoms with Gasteiger partial charge >= 0.3 is 0 Å². The van der Waals surface area contributed by atoms with Gasteiger partial charge in [-0.1, -0.05) is 49.4 Å². The van der Waals surface area contributed by atoms with Crippen molar-refractivity contribution in [2.45, 2.75) is 44.6 Å². The maximum Gasteiger partial charge on any atom is 0.255 e. The van der Waals surface area contributed by atoms with E-state index in [9.17, 15) is 13.2 Å². The van der Waals surface area contributed by atoms with Crippen molar-refractivity contribution in [3.63, 3.8) is 0 Å². The second-order valence-corrected chi connectivity index (χ2v) is 11.1. The first-order valence-electron chi connectivity index (χ1n) is 11.9. The van der Waals surface area contributed by atoms with E-state index in [1.54, 1.807) is 24.3 Å². The van der Waals surface area contributed by atoms with Gasteiger partial charge in [-0.25, -0.2) is 13.1 Å². The number of anilines is 1. The van der Waals surface area contributed by atoms with Crippen LogP contribution in [0.25, 0.3) is 10.8 Å². The van der Waals surface area contributed by atoms with Gasteiger partial charge in [-0.15, -0.1) is 0 Å². The molecule has 3 aromatic rings. The fourth-order valence-corrected chi connectivity index (χ4v) is 6.08.